The van der Waals surface area contributed by atoms with Crippen molar-refractivity contribution in [3.8, 4) is 0 Å². The van der Waals surface area contributed by atoms with Crippen LogP contribution in [0.15, 0.2) is 91.5 Å². The zero-order valence-corrected chi connectivity index (χ0v) is 21.9. The van der Waals surface area contributed by atoms with Gasteiger partial charge < -0.3 is 10.6 Å². The Bertz CT molecular complexity index is 763. The molecule has 0 fully saturated rings. The number of aryl methyl sites for hydroxylation is 2. The maximum atomic E-state index is 4.10. The van der Waals surface area contributed by atoms with E-state index in [1.165, 1.54) is 36.8 Å². The van der Waals surface area contributed by atoms with Gasteiger partial charge in [0.1, 0.15) is 5.82 Å². The maximum absolute atomic E-state index is 4.10. The van der Waals surface area contributed by atoms with Crippen LogP contribution in [0.4, 0.5) is 5.69 Å². The summed E-state index contributed by atoms with van der Waals surface area (Å²) < 4.78 is 0. The molecule has 0 bridgehead atoms. The molecule has 0 amide bonds. The smallest absolute Gasteiger partial charge is 0.100 e. The molecule has 32 heavy (non-hydrogen) atoms. The monoisotopic (exact) mass is 436 g/mol. The average molecular weight is 437 g/mol. The fourth-order valence-electron chi connectivity index (χ4n) is 2.86. The van der Waals surface area contributed by atoms with E-state index in [9.17, 15) is 0 Å². The number of hydrogen-bond donors (Lipinski definition) is 2. The molecule has 0 unspecified atom stereocenters. The van der Waals surface area contributed by atoms with Crippen LogP contribution in [0, 0.1) is 6.92 Å². The first kappa shape index (κ1) is 31.4. The largest absolute Gasteiger partial charge is 0.342 e. The second-order valence-electron chi connectivity index (χ2n) is 7.49. The topological polar surface area (TPSA) is 24.1 Å². The first-order chi connectivity index (χ1) is 15.3. The van der Waals surface area contributed by atoms with Gasteiger partial charge in [0.15, 0.2) is 0 Å². The molecule has 0 spiro atoms. The van der Waals surface area contributed by atoms with Gasteiger partial charge in [-0.15, -0.1) is 6.58 Å². The van der Waals surface area contributed by atoms with Gasteiger partial charge in [-0.05, 0) is 69.4 Å². The van der Waals surface area contributed by atoms with Gasteiger partial charge in [-0.25, -0.2) is 0 Å². The van der Waals surface area contributed by atoms with Gasteiger partial charge in [0.2, 0.25) is 0 Å². The van der Waals surface area contributed by atoms with E-state index in [1.54, 1.807) is 6.08 Å². The van der Waals surface area contributed by atoms with Crippen molar-refractivity contribution in [3.63, 3.8) is 0 Å². The highest BCUT2D eigenvalue weighted by molar-refractivity contribution is 5.52. The molecule has 0 aliphatic heterocycles. The second-order valence-corrected chi connectivity index (χ2v) is 7.49. The van der Waals surface area contributed by atoms with Crippen LogP contribution in [0.2, 0.25) is 0 Å². The Labute approximate surface area is 199 Å². The van der Waals surface area contributed by atoms with E-state index in [1.807, 2.05) is 52.8 Å². The summed E-state index contributed by atoms with van der Waals surface area (Å²) in [6.07, 6.45) is 14.1. The standard InChI is InChI=1S/C25H36N2.C3H6.C2H6/c1-8-10-11-12-13-24-16-17-25(18-20(24)5)27-22(7)26-21(6)23(9-2)15-14-19(3)4;1-3-2;1-2/h9,14-18,26-27H,3,6-8,10-13H2,1-2,4-5H3;3H,1H2,2H3;1-2H3/b15-14-,23-9+;;. The van der Waals surface area contributed by atoms with Crippen molar-refractivity contribution in [2.45, 2.75) is 80.6 Å². The van der Waals surface area contributed by atoms with E-state index in [2.05, 4.69) is 69.0 Å². The van der Waals surface area contributed by atoms with Crippen molar-refractivity contribution < 1.29 is 0 Å². The third-order valence-electron chi connectivity index (χ3n) is 4.45. The fraction of sp³-hybridized carbons (Fsp3) is 0.400. The van der Waals surface area contributed by atoms with Gasteiger partial charge in [0.05, 0.1) is 0 Å². The van der Waals surface area contributed by atoms with E-state index in [0.717, 1.165) is 29.0 Å². The Balaban J connectivity index is 0. The molecule has 0 atom stereocenters. The van der Waals surface area contributed by atoms with Crippen LogP contribution in [0.1, 0.15) is 78.4 Å². The van der Waals surface area contributed by atoms with Gasteiger partial charge in [-0.1, -0.05) is 95.7 Å². The molecule has 0 aliphatic carbocycles. The number of anilines is 1. The van der Waals surface area contributed by atoms with Crippen molar-refractivity contribution in [2.75, 3.05) is 5.32 Å². The minimum absolute atomic E-state index is 0.707. The molecule has 0 radical (unpaired) electrons. The number of nitrogens with one attached hydrogen (secondary N) is 2. The molecule has 0 saturated heterocycles. The van der Waals surface area contributed by atoms with Crippen LogP contribution in [-0.4, -0.2) is 0 Å². The Morgan fingerprint density at radius 2 is 1.62 bits per heavy atom. The summed E-state index contributed by atoms with van der Waals surface area (Å²) in [5.74, 6) is 0.707. The van der Waals surface area contributed by atoms with E-state index < -0.39 is 0 Å². The number of hydrogen-bond acceptors (Lipinski definition) is 2. The Hall–Kier alpha value is -2.74. The van der Waals surface area contributed by atoms with Crippen molar-refractivity contribution in [3.05, 3.63) is 103 Å². The summed E-state index contributed by atoms with van der Waals surface area (Å²) >= 11 is 0. The van der Waals surface area contributed by atoms with Crippen LogP contribution in [0.5, 0.6) is 0 Å². The Morgan fingerprint density at radius 1 is 1.00 bits per heavy atom. The zero-order chi connectivity index (χ0) is 24.9. The van der Waals surface area contributed by atoms with Crippen LogP contribution in [0.3, 0.4) is 0 Å². The molecule has 2 N–H and O–H groups in total. The molecule has 0 saturated carbocycles. The van der Waals surface area contributed by atoms with Gasteiger partial charge in [0, 0.05) is 11.4 Å². The quantitative estimate of drug-likeness (QED) is 0.194. The lowest BCUT2D eigenvalue weighted by atomic mass is 10.0. The number of unbranched alkanes of at least 4 members (excludes halogenated alkanes) is 3. The van der Waals surface area contributed by atoms with Gasteiger partial charge in [-0.2, -0.15) is 0 Å². The lowest BCUT2D eigenvalue weighted by Gasteiger charge is -2.16. The first-order valence-electron chi connectivity index (χ1n) is 11.9. The van der Waals surface area contributed by atoms with Crippen LogP contribution >= 0.6 is 0 Å². The summed E-state index contributed by atoms with van der Waals surface area (Å²) in [5.41, 5.74) is 6.61. The molecule has 1 rings (SSSR count). The average Bonchev–Trinajstić information content (AvgIpc) is 2.74. The molecule has 1 aromatic rings. The molecular weight excluding hydrogens is 388 g/mol. The molecule has 0 aliphatic rings. The molecular formula is C30H48N2. The third-order valence-corrected chi connectivity index (χ3v) is 4.45. The summed E-state index contributed by atoms with van der Waals surface area (Å²) in [4.78, 5) is 0. The predicted octanol–water partition coefficient (Wildman–Crippen LogP) is 9.40. The molecule has 2 nitrogen and oxygen atoms in total. The normalized spacial score (nSPS) is 10.3. The van der Waals surface area contributed by atoms with Gasteiger partial charge >= 0.3 is 0 Å². The summed E-state index contributed by atoms with van der Waals surface area (Å²) in [6.45, 7) is 29.7. The summed E-state index contributed by atoms with van der Waals surface area (Å²) in [5, 5.41) is 6.56. The Kier molecular flexibility index (Phi) is 19.8. The highest BCUT2D eigenvalue weighted by Crippen LogP contribution is 2.19. The van der Waals surface area contributed by atoms with Crippen molar-refractivity contribution in [1.29, 1.82) is 0 Å². The number of allylic oxidation sites excluding steroid dienone is 5. The SMILES string of the molecule is C=C(C)/C=C\C(=C/C)C(=C)NC(=C)Nc1ccc(CCCCCC)c(C)c1.C=CC.CC. The maximum Gasteiger partial charge on any atom is 0.100 e. The lowest BCUT2D eigenvalue weighted by molar-refractivity contribution is 0.666. The zero-order valence-electron chi connectivity index (χ0n) is 21.9. The highest BCUT2D eigenvalue weighted by Gasteiger charge is 2.04. The molecule has 2 heteroatoms. The second kappa shape index (κ2) is 20.2. The predicted molar refractivity (Wildman–Crippen MR) is 149 cm³/mol. The van der Waals surface area contributed by atoms with Crippen molar-refractivity contribution in [1.82, 2.24) is 5.32 Å². The van der Waals surface area contributed by atoms with Gasteiger partial charge in [-0.3, -0.25) is 0 Å². The fourth-order valence-corrected chi connectivity index (χ4v) is 2.86. The summed E-state index contributed by atoms with van der Waals surface area (Å²) in [7, 11) is 0. The van der Waals surface area contributed by atoms with E-state index in [4.69, 9.17) is 0 Å². The molecule has 1 aromatic carbocycles. The third kappa shape index (κ3) is 15.1. The lowest BCUT2D eigenvalue weighted by Crippen LogP contribution is -2.18. The van der Waals surface area contributed by atoms with Crippen LogP contribution in [-0.2, 0) is 6.42 Å². The van der Waals surface area contributed by atoms with E-state index in [0.29, 0.717) is 5.82 Å². The first-order valence-corrected chi connectivity index (χ1v) is 11.9. The van der Waals surface area contributed by atoms with Crippen molar-refractivity contribution >= 4 is 5.69 Å². The van der Waals surface area contributed by atoms with Crippen LogP contribution < -0.4 is 10.6 Å². The highest BCUT2D eigenvalue weighted by atomic mass is 15.1. The van der Waals surface area contributed by atoms with Crippen molar-refractivity contribution in [2.24, 2.45) is 0 Å². The van der Waals surface area contributed by atoms with E-state index in [-0.39, 0.29) is 0 Å². The minimum Gasteiger partial charge on any atom is -0.342 e. The van der Waals surface area contributed by atoms with E-state index >= 15 is 0 Å². The minimum atomic E-state index is 0.707. The van der Waals surface area contributed by atoms with Gasteiger partial charge in [0.25, 0.3) is 0 Å². The van der Waals surface area contributed by atoms with Crippen LogP contribution in [0.25, 0.3) is 0 Å². The summed E-state index contributed by atoms with van der Waals surface area (Å²) in [6, 6.07) is 6.52. The number of rotatable bonds is 12. The molecule has 0 aromatic heterocycles. The molecule has 0 heterocycles. The molecule has 178 valence electrons. The number of benzene rings is 1. The Morgan fingerprint density at radius 3 is 2.12 bits per heavy atom.